The van der Waals surface area contributed by atoms with E-state index in [-0.39, 0.29) is 0 Å². The van der Waals surface area contributed by atoms with Gasteiger partial charge in [0.1, 0.15) is 0 Å². The standard InChI is InChI=1S/C10H15NO/c1-3-9-6-4-5-7-10(9)8-11-12-2/h4-7,11H,3,8H2,1-2H3. The van der Waals surface area contributed by atoms with E-state index in [1.807, 2.05) is 6.07 Å². The summed E-state index contributed by atoms with van der Waals surface area (Å²) in [6.07, 6.45) is 1.07. The molecule has 1 aromatic carbocycles. The summed E-state index contributed by atoms with van der Waals surface area (Å²) < 4.78 is 0. The van der Waals surface area contributed by atoms with Crippen LogP contribution in [0.3, 0.4) is 0 Å². The van der Waals surface area contributed by atoms with Crippen molar-refractivity contribution in [3.8, 4) is 0 Å². The van der Waals surface area contributed by atoms with Gasteiger partial charge in [0, 0.05) is 6.54 Å². The van der Waals surface area contributed by atoms with Crippen LogP contribution in [0.1, 0.15) is 18.1 Å². The van der Waals surface area contributed by atoms with Crippen molar-refractivity contribution in [1.29, 1.82) is 0 Å². The molecule has 2 nitrogen and oxygen atoms in total. The molecule has 2 heteroatoms. The first-order chi connectivity index (χ1) is 5.88. The Bertz CT molecular complexity index is 235. The van der Waals surface area contributed by atoms with Crippen molar-refractivity contribution >= 4 is 0 Å². The van der Waals surface area contributed by atoms with Gasteiger partial charge in [-0.2, -0.15) is 5.48 Å². The predicted octanol–water partition coefficient (Wildman–Crippen LogP) is 1.90. The lowest BCUT2D eigenvalue weighted by Gasteiger charge is -2.06. The van der Waals surface area contributed by atoms with Gasteiger partial charge in [-0.3, -0.25) is 0 Å². The number of hydrogen-bond donors (Lipinski definition) is 1. The van der Waals surface area contributed by atoms with Crippen LogP contribution in [0.25, 0.3) is 0 Å². The quantitative estimate of drug-likeness (QED) is 0.688. The molecule has 0 radical (unpaired) electrons. The van der Waals surface area contributed by atoms with Crippen LogP contribution in [-0.2, 0) is 17.8 Å². The molecule has 0 saturated carbocycles. The SMILES string of the molecule is CCc1ccccc1CNOC. The molecule has 0 aliphatic carbocycles. The number of nitrogens with one attached hydrogen (secondary N) is 1. The van der Waals surface area contributed by atoms with Crippen LogP contribution in [-0.4, -0.2) is 7.11 Å². The Morgan fingerprint density at radius 3 is 2.50 bits per heavy atom. The zero-order valence-electron chi connectivity index (χ0n) is 7.63. The molecule has 0 unspecified atom stereocenters. The Morgan fingerprint density at radius 2 is 1.92 bits per heavy atom. The zero-order chi connectivity index (χ0) is 8.81. The summed E-state index contributed by atoms with van der Waals surface area (Å²) in [5.41, 5.74) is 5.52. The topological polar surface area (TPSA) is 21.3 Å². The maximum atomic E-state index is 4.80. The van der Waals surface area contributed by atoms with Gasteiger partial charge < -0.3 is 4.84 Å². The lowest BCUT2D eigenvalue weighted by Crippen LogP contribution is -2.12. The molecule has 0 saturated heterocycles. The monoisotopic (exact) mass is 165 g/mol. The third-order valence-electron chi connectivity index (χ3n) is 1.91. The Morgan fingerprint density at radius 1 is 1.25 bits per heavy atom. The molecule has 0 heterocycles. The molecule has 0 amide bonds. The van der Waals surface area contributed by atoms with Crippen LogP contribution < -0.4 is 5.48 Å². The highest BCUT2D eigenvalue weighted by Gasteiger charge is 1.97. The first-order valence-corrected chi connectivity index (χ1v) is 4.21. The summed E-state index contributed by atoms with van der Waals surface area (Å²) in [5.74, 6) is 0. The molecule has 1 rings (SSSR count). The minimum Gasteiger partial charge on any atom is -0.305 e. The van der Waals surface area contributed by atoms with Crippen LogP contribution in [0.2, 0.25) is 0 Å². The Kier molecular flexibility index (Phi) is 3.77. The second-order valence-corrected chi connectivity index (χ2v) is 2.65. The van der Waals surface area contributed by atoms with Crippen molar-refractivity contribution in [3.05, 3.63) is 35.4 Å². The molecule has 0 fully saturated rings. The van der Waals surface area contributed by atoms with Gasteiger partial charge in [-0.05, 0) is 17.5 Å². The van der Waals surface area contributed by atoms with E-state index >= 15 is 0 Å². The summed E-state index contributed by atoms with van der Waals surface area (Å²) in [7, 11) is 1.63. The second-order valence-electron chi connectivity index (χ2n) is 2.65. The highest BCUT2D eigenvalue weighted by molar-refractivity contribution is 5.26. The lowest BCUT2D eigenvalue weighted by molar-refractivity contribution is 0.0865. The van der Waals surface area contributed by atoms with Gasteiger partial charge in [0.2, 0.25) is 0 Å². The first kappa shape index (κ1) is 9.23. The lowest BCUT2D eigenvalue weighted by atomic mass is 10.1. The van der Waals surface area contributed by atoms with E-state index in [1.54, 1.807) is 7.11 Å². The molecule has 1 N–H and O–H groups in total. The van der Waals surface area contributed by atoms with E-state index in [1.165, 1.54) is 11.1 Å². The largest absolute Gasteiger partial charge is 0.305 e. The van der Waals surface area contributed by atoms with Crippen LogP contribution in [0.5, 0.6) is 0 Å². The van der Waals surface area contributed by atoms with Crippen molar-refractivity contribution in [3.63, 3.8) is 0 Å². The molecule has 0 aromatic heterocycles. The molecule has 0 bridgehead atoms. The summed E-state index contributed by atoms with van der Waals surface area (Å²) in [6, 6.07) is 8.37. The summed E-state index contributed by atoms with van der Waals surface area (Å²) in [4.78, 5) is 4.80. The van der Waals surface area contributed by atoms with Gasteiger partial charge in [-0.25, -0.2) is 0 Å². The fourth-order valence-corrected chi connectivity index (χ4v) is 1.22. The van der Waals surface area contributed by atoms with E-state index in [4.69, 9.17) is 4.84 Å². The molecule has 66 valence electrons. The van der Waals surface area contributed by atoms with Crippen molar-refractivity contribution in [2.24, 2.45) is 0 Å². The van der Waals surface area contributed by atoms with Crippen LogP contribution in [0, 0.1) is 0 Å². The average molecular weight is 165 g/mol. The molecule has 0 atom stereocenters. The molecule has 12 heavy (non-hydrogen) atoms. The highest BCUT2D eigenvalue weighted by Crippen LogP contribution is 2.08. The van der Waals surface area contributed by atoms with E-state index in [9.17, 15) is 0 Å². The van der Waals surface area contributed by atoms with Gasteiger partial charge in [0.15, 0.2) is 0 Å². The minimum absolute atomic E-state index is 0.778. The molecule has 1 aromatic rings. The first-order valence-electron chi connectivity index (χ1n) is 4.21. The number of hydrogen-bond acceptors (Lipinski definition) is 2. The molecule has 0 aliphatic heterocycles. The molecular weight excluding hydrogens is 150 g/mol. The summed E-state index contributed by atoms with van der Waals surface area (Å²) >= 11 is 0. The van der Waals surface area contributed by atoms with Gasteiger partial charge in [0.25, 0.3) is 0 Å². The highest BCUT2D eigenvalue weighted by atomic mass is 16.6. The number of aryl methyl sites for hydroxylation is 1. The molecule has 0 aliphatic rings. The Balaban J connectivity index is 2.68. The maximum Gasteiger partial charge on any atom is 0.0572 e. The van der Waals surface area contributed by atoms with Crippen LogP contribution >= 0.6 is 0 Å². The maximum absolute atomic E-state index is 4.80. The van der Waals surface area contributed by atoms with Gasteiger partial charge in [-0.1, -0.05) is 31.2 Å². The average Bonchev–Trinajstić information content (AvgIpc) is 2.15. The smallest absolute Gasteiger partial charge is 0.0572 e. The van der Waals surface area contributed by atoms with E-state index in [0.717, 1.165) is 13.0 Å². The minimum atomic E-state index is 0.778. The van der Waals surface area contributed by atoms with Crippen molar-refractivity contribution < 1.29 is 4.84 Å². The van der Waals surface area contributed by atoms with Crippen LogP contribution in [0.4, 0.5) is 0 Å². The summed E-state index contributed by atoms with van der Waals surface area (Å²) in [5, 5.41) is 0. The number of benzene rings is 1. The number of hydroxylamine groups is 1. The van der Waals surface area contributed by atoms with Gasteiger partial charge in [-0.15, -0.1) is 0 Å². The van der Waals surface area contributed by atoms with Crippen LogP contribution in [0.15, 0.2) is 24.3 Å². The van der Waals surface area contributed by atoms with Gasteiger partial charge >= 0.3 is 0 Å². The van der Waals surface area contributed by atoms with E-state index in [2.05, 4.69) is 30.6 Å². The van der Waals surface area contributed by atoms with Crippen molar-refractivity contribution in [2.45, 2.75) is 19.9 Å². The molecule has 0 spiro atoms. The fraction of sp³-hybridized carbons (Fsp3) is 0.400. The normalized spacial score (nSPS) is 10.2. The third-order valence-corrected chi connectivity index (χ3v) is 1.91. The Labute approximate surface area is 73.5 Å². The predicted molar refractivity (Wildman–Crippen MR) is 49.7 cm³/mol. The Hall–Kier alpha value is -0.860. The van der Waals surface area contributed by atoms with E-state index in [0.29, 0.717) is 0 Å². The second kappa shape index (κ2) is 4.91. The zero-order valence-corrected chi connectivity index (χ0v) is 7.63. The molecular formula is C10H15NO. The third kappa shape index (κ3) is 2.32. The van der Waals surface area contributed by atoms with E-state index < -0.39 is 0 Å². The van der Waals surface area contributed by atoms with Crippen molar-refractivity contribution in [1.82, 2.24) is 5.48 Å². The van der Waals surface area contributed by atoms with Gasteiger partial charge in [0.05, 0.1) is 7.11 Å². The summed E-state index contributed by atoms with van der Waals surface area (Å²) in [6.45, 7) is 2.94. The fourth-order valence-electron chi connectivity index (χ4n) is 1.22. The van der Waals surface area contributed by atoms with Crippen molar-refractivity contribution in [2.75, 3.05) is 7.11 Å². The number of rotatable bonds is 4.